The van der Waals surface area contributed by atoms with E-state index in [0.717, 1.165) is 16.1 Å². The van der Waals surface area contributed by atoms with Crippen LogP contribution in [0.2, 0.25) is 0 Å². The molecule has 0 fully saturated rings. The molecule has 0 aliphatic heterocycles. The van der Waals surface area contributed by atoms with Crippen LogP contribution in [-0.2, 0) is 0 Å². The average Bonchev–Trinajstić information content (AvgIpc) is 2.14. The number of rotatable bonds is 5. The second-order valence-electron chi connectivity index (χ2n) is 4.75. The molecule has 1 heterocycles. The van der Waals surface area contributed by atoms with Gasteiger partial charge in [-0.1, -0.05) is 65.1 Å². The normalized spacial score (nSPS) is 11.8. The van der Waals surface area contributed by atoms with Crippen molar-refractivity contribution in [3.05, 3.63) is 5.82 Å². The van der Waals surface area contributed by atoms with Gasteiger partial charge in [0.1, 0.15) is 5.82 Å². The van der Waals surface area contributed by atoms with E-state index < -0.39 is 0 Å². The summed E-state index contributed by atoms with van der Waals surface area (Å²) in [7, 11) is 0. The van der Waals surface area contributed by atoms with Crippen LogP contribution in [0.25, 0.3) is 0 Å². The molecule has 0 N–H and O–H groups in total. The topological polar surface area (TPSA) is 38.7 Å². The monoisotopic (exact) mass is 271 g/mol. The van der Waals surface area contributed by atoms with Crippen molar-refractivity contribution in [3.63, 3.8) is 0 Å². The molecule has 0 saturated heterocycles. The summed E-state index contributed by atoms with van der Waals surface area (Å²) in [4.78, 5) is 13.5. The van der Waals surface area contributed by atoms with Gasteiger partial charge in [0.2, 0.25) is 0 Å². The Morgan fingerprint density at radius 2 is 1.12 bits per heavy atom. The van der Waals surface area contributed by atoms with Crippen LogP contribution in [0.3, 0.4) is 0 Å². The molecule has 0 atom stereocenters. The summed E-state index contributed by atoms with van der Waals surface area (Å²) in [5.74, 6) is 1.24. The lowest BCUT2D eigenvalue weighted by molar-refractivity contribution is 0.676. The van der Waals surface area contributed by atoms with Crippen LogP contribution in [0, 0.1) is 0 Å². The highest BCUT2D eigenvalue weighted by Gasteiger charge is 2.12. The minimum atomic E-state index is 0.344. The number of hydrogen-bond acceptors (Lipinski definition) is 5. The largest absolute Gasteiger partial charge is 0.207 e. The van der Waals surface area contributed by atoms with Crippen molar-refractivity contribution in [2.75, 3.05) is 0 Å². The van der Waals surface area contributed by atoms with Gasteiger partial charge >= 0.3 is 0 Å². The molecular formula is C12H21N3S2. The quantitative estimate of drug-likeness (QED) is 0.757. The number of thioether (sulfide) groups is 2. The Bertz CT molecular complexity index is 337. The Hall–Kier alpha value is -0.290. The van der Waals surface area contributed by atoms with Crippen molar-refractivity contribution >= 4 is 23.5 Å². The summed E-state index contributed by atoms with van der Waals surface area (Å²) in [6.07, 6.45) is 0. The fraction of sp³-hybridized carbons (Fsp3) is 0.750. The summed E-state index contributed by atoms with van der Waals surface area (Å²) in [5.41, 5.74) is 0. The Balaban J connectivity index is 3.00. The summed E-state index contributed by atoms with van der Waals surface area (Å²) >= 11 is 3.39. The Morgan fingerprint density at radius 3 is 1.41 bits per heavy atom. The molecule has 1 aromatic heterocycles. The first-order valence-corrected chi connectivity index (χ1v) is 7.73. The Morgan fingerprint density at radius 1 is 0.706 bits per heavy atom. The maximum absolute atomic E-state index is 4.51. The molecule has 0 amide bonds. The summed E-state index contributed by atoms with van der Waals surface area (Å²) in [6, 6.07) is 0. The third kappa shape index (κ3) is 5.25. The highest BCUT2D eigenvalue weighted by molar-refractivity contribution is 8.00. The fourth-order valence-electron chi connectivity index (χ4n) is 1.14. The van der Waals surface area contributed by atoms with Crippen molar-refractivity contribution in [2.45, 2.75) is 68.3 Å². The summed E-state index contributed by atoms with van der Waals surface area (Å²) in [5, 5.41) is 2.69. The van der Waals surface area contributed by atoms with Gasteiger partial charge in [0.15, 0.2) is 10.3 Å². The molecule has 1 rings (SSSR count). The van der Waals surface area contributed by atoms with Crippen LogP contribution in [-0.4, -0.2) is 25.5 Å². The van der Waals surface area contributed by atoms with E-state index in [4.69, 9.17) is 0 Å². The zero-order valence-electron chi connectivity index (χ0n) is 11.4. The average molecular weight is 271 g/mol. The maximum atomic E-state index is 4.51. The van der Waals surface area contributed by atoms with Gasteiger partial charge in [-0.15, -0.1) is 0 Å². The fourth-order valence-corrected chi connectivity index (χ4v) is 2.61. The molecule has 0 aromatic carbocycles. The first-order valence-electron chi connectivity index (χ1n) is 5.97. The SMILES string of the molecule is CC(C)Sc1nc(SC(C)C)nc(C(C)C)n1. The van der Waals surface area contributed by atoms with Crippen molar-refractivity contribution in [3.8, 4) is 0 Å². The lowest BCUT2D eigenvalue weighted by atomic mass is 10.2. The molecule has 0 aliphatic rings. The highest BCUT2D eigenvalue weighted by atomic mass is 32.2. The molecule has 5 heteroatoms. The number of hydrogen-bond donors (Lipinski definition) is 0. The Labute approximate surface area is 113 Å². The second kappa shape index (κ2) is 6.59. The summed E-state index contributed by atoms with van der Waals surface area (Å²) < 4.78 is 0. The van der Waals surface area contributed by atoms with Crippen LogP contribution in [0.5, 0.6) is 0 Å². The first-order chi connectivity index (χ1) is 7.88. The van der Waals surface area contributed by atoms with Crippen LogP contribution in [0.4, 0.5) is 0 Å². The third-order valence-corrected chi connectivity index (χ3v) is 3.54. The molecule has 0 radical (unpaired) electrons. The van der Waals surface area contributed by atoms with E-state index in [0.29, 0.717) is 16.4 Å². The molecule has 17 heavy (non-hydrogen) atoms. The standard InChI is InChI=1S/C12H21N3S2/c1-7(2)10-13-11(16-8(3)4)15-12(14-10)17-9(5)6/h7-9H,1-6H3. The van der Waals surface area contributed by atoms with Crippen LogP contribution in [0.15, 0.2) is 10.3 Å². The zero-order valence-corrected chi connectivity index (χ0v) is 13.0. The van der Waals surface area contributed by atoms with E-state index in [2.05, 4.69) is 56.5 Å². The van der Waals surface area contributed by atoms with Crippen molar-refractivity contribution in [1.82, 2.24) is 15.0 Å². The second-order valence-corrected chi connectivity index (χ2v) is 7.83. The number of nitrogens with zero attached hydrogens (tertiary/aromatic N) is 3. The van der Waals surface area contributed by atoms with E-state index in [1.807, 2.05) is 0 Å². The molecule has 1 aromatic rings. The van der Waals surface area contributed by atoms with Crippen molar-refractivity contribution in [2.24, 2.45) is 0 Å². The number of aromatic nitrogens is 3. The van der Waals surface area contributed by atoms with E-state index in [1.165, 1.54) is 0 Å². The van der Waals surface area contributed by atoms with Gasteiger partial charge in [0.05, 0.1) is 0 Å². The van der Waals surface area contributed by atoms with Crippen LogP contribution < -0.4 is 0 Å². The van der Waals surface area contributed by atoms with Gasteiger partial charge in [-0.25, -0.2) is 9.97 Å². The van der Waals surface area contributed by atoms with E-state index in [1.54, 1.807) is 23.5 Å². The van der Waals surface area contributed by atoms with Gasteiger partial charge in [0.25, 0.3) is 0 Å². The van der Waals surface area contributed by atoms with E-state index in [-0.39, 0.29) is 0 Å². The third-order valence-electron chi connectivity index (χ3n) is 1.81. The van der Waals surface area contributed by atoms with Crippen LogP contribution in [0.1, 0.15) is 53.3 Å². The lowest BCUT2D eigenvalue weighted by Crippen LogP contribution is -2.05. The van der Waals surface area contributed by atoms with Gasteiger partial charge in [-0.2, -0.15) is 4.98 Å². The molecule has 0 unspecified atom stereocenters. The first kappa shape index (κ1) is 14.8. The van der Waals surface area contributed by atoms with Crippen molar-refractivity contribution < 1.29 is 0 Å². The predicted molar refractivity (Wildman–Crippen MR) is 75.9 cm³/mol. The molecule has 96 valence electrons. The van der Waals surface area contributed by atoms with Gasteiger partial charge in [0, 0.05) is 16.4 Å². The van der Waals surface area contributed by atoms with Crippen LogP contribution >= 0.6 is 23.5 Å². The molecule has 0 spiro atoms. The molecule has 0 saturated carbocycles. The Kier molecular flexibility index (Phi) is 5.73. The highest BCUT2D eigenvalue weighted by Crippen LogP contribution is 2.25. The molecule has 0 aliphatic carbocycles. The maximum Gasteiger partial charge on any atom is 0.192 e. The van der Waals surface area contributed by atoms with Gasteiger partial charge in [-0.05, 0) is 0 Å². The van der Waals surface area contributed by atoms with E-state index in [9.17, 15) is 0 Å². The van der Waals surface area contributed by atoms with Gasteiger partial charge < -0.3 is 0 Å². The van der Waals surface area contributed by atoms with E-state index >= 15 is 0 Å². The molecule has 3 nitrogen and oxygen atoms in total. The zero-order chi connectivity index (χ0) is 13.0. The molecule has 0 bridgehead atoms. The lowest BCUT2D eigenvalue weighted by Gasteiger charge is -2.10. The molecular weight excluding hydrogens is 250 g/mol. The van der Waals surface area contributed by atoms with Crippen molar-refractivity contribution in [1.29, 1.82) is 0 Å². The summed E-state index contributed by atoms with van der Waals surface area (Å²) in [6.45, 7) is 12.8. The minimum Gasteiger partial charge on any atom is -0.207 e. The predicted octanol–water partition coefficient (Wildman–Crippen LogP) is 4.00. The van der Waals surface area contributed by atoms with Gasteiger partial charge in [-0.3, -0.25) is 0 Å². The minimum absolute atomic E-state index is 0.344. The smallest absolute Gasteiger partial charge is 0.192 e.